The molecular formula is C19H24N2O2. The van der Waals surface area contributed by atoms with E-state index in [9.17, 15) is 9.59 Å². The van der Waals surface area contributed by atoms with Crippen molar-refractivity contribution in [2.45, 2.75) is 57.0 Å². The Labute approximate surface area is 137 Å². The van der Waals surface area contributed by atoms with E-state index in [1.54, 1.807) is 0 Å². The van der Waals surface area contributed by atoms with E-state index in [0.717, 1.165) is 37.8 Å². The number of piperazine rings is 1. The summed E-state index contributed by atoms with van der Waals surface area (Å²) in [5, 5.41) is 0. The number of amides is 2. The largest absolute Gasteiger partial charge is 0.336 e. The topological polar surface area (TPSA) is 40.6 Å². The SMILES string of the molecule is Cc1ccc(C2(C(=O)N3C[C@@H]4CCCN4C(=O)[C@@H]3C)CC2)cc1. The minimum Gasteiger partial charge on any atom is -0.336 e. The van der Waals surface area contributed by atoms with E-state index >= 15 is 0 Å². The first-order valence-corrected chi connectivity index (χ1v) is 8.72. The third-order valence-electron chi connectivity index (χ3n) is 5.92. The lowest BCUT2D eigenvalue weighted by atomic mass is 9.92. The fourth-order valence-electron chi connectivity index (χ4n) is 4.23. The summed E-state index contributed by atoms with van der Waals surface area (Å²) < 4.78 is 0. The molecule has 1 aromatic rings. The van der Waals surface area contributed by atoms with Crippen LogP contribution in [0.15, 0.2) is 24.3 Å². The summed E-state index contributed by atoms with van der Waals surface area (Å²) in [4.78, 5) is 29.7. The molecule has 2 amide bonds. The fourth-order valence-corrected chi connectivity index (χ4v) is 4.23. The van der Waals surface area contributed by atoms with Crippen LogP contribution in [0.4, 0.5) is 0 Å². The smallest absolute Gasteiger partial charge is 0.245 e. The quantitative estimate of drug-likeness (QED) is 0.840. The molecule has 2 saturated heterocycles. The maximum absolute atomic E-state index is 13.3. The van der Waals surface area contributed by atoms with E-state index in [2.05, 4.69) is 31.2 Å². The van der Waals surface area contributed by atoms with Gasteiger partial charge in [0.15, 0.2) is 0 Å². The third kappa shape index (κ3) is 2.19. The second-order valence-electron chi connectivity index (χ2n) is 7.41. The Kier molecular flexibility index (Phi) is 3.26. The van der Waals surface area contributed by atoms with Gasteiger partial charge < -0.3 is 9.80 Å². The second-order valence-corrected chi connectivity index (χ2v) is 7.41. The van der Waals surface area contributed by atoms with Gasteiger partial charge in [0.05, 0.1) is 5.41 Å². The Bertz CT molecular complexity index is 648. The average Bonchev–Trinajstić information content (AvgIpc) is 3.22. The van der Waals surface area contributed by atoms with E-state index in [1.165, 1.54) is 5.56 Å². The van der Waals surface area contributed by atoms with Crippen LogP contribution in [0.25, 0.3) is 0 Å². The number of carbonyl (C=O) groups excluding carboxylic acids is 2. The van der Waals surface area contributed by atoms with Crippen molar-refractivity contribution in [2.24, 2.45) is 0 Å². The van der Waals surface area contributed by atoms with Crippen LogP contribution in [0.3, 0.4) is 0 Å². The molecule has 0 unspecified atom stereocenters. The molecule has 3 fully saturated rings. The van der Waals surface area contributed by atoms with Gasteiger partial charge >= 0.3 is 0 Å². The van der Waals surface area contributed by atoms with Crippen LogP contribution in [0.5, 0.6) is 0 Å². The number of hydrogen-bond donors (Lipinski definition) is 0. The molecule has 0 radical (unpaired) electrons. The molecule has 2 atom stereocenters. The Balaban J connectivity index is 1.61. The summed E-state index contributed by atoms with van der Waals surface area (Å²) in [5.41, 5.74) is 1.95. The van der Waals surface area contributed by atoms with Crippen LogP contribution in [-0.4, -0.2) is 46.8 Å². The summed E-state index contributed by atoms with van der Waals surface area (Å²) in [6.45, 7) is 5.52. The van der Waals surface area contributed by atoms with E-state index in [4.69, 9.17) is 0 Å². The lowest BCUT2D eigenvalue weighted by Crippen LogP contribution is -2.61. The highest BCUT2D eigenvalue weighted by Crippen LogP contribution is 2.50. The molecular weight excluding hydrogens is 288 g/mol. The van der Waals surface area contributed by atoms with Gasteiger partial charge in [-0.05, 0) is 45.1 Å². The number of rotatable bonds is 2. The molecule has 1 aliphatic carbocycles. The van der Waals surface area contributed by atoms with Crippen molar-refractivity contribution in [1.82, 2.24) is 9.80 Å². The molecule has 0 spiro atoms. The number of nitrogens with zero attached hydrogens (tertiary/aromatic N) is 2. The number of carbonyl (C=O) groups is 2. The van der Waals surface area contributed by atoms with Crippen LogP contribution < -0.4 is 0 Å². The summed E-state index contributed by atoms with van der Waals surface area (Å²) in [6.07, 6.45) is 3.90. The first-order valence-electron chi connectivity index (χ1n) is 8.72. The minimum absolute atomic E-state index is 0.131. The Morgan fingerprint density at radius 2 is 1.91 bits per heavy atom. The van der Waals surface area contributed by atoms with Crippen LogP contribution in [0, 0.1) is 6.92 Å². The molecule has 2 heterocycles. The summed E-state index contributed by atoms with van der Waals surface area (Å²) in [7, 11) is 0. The van der Waals surface area contributed by atoms with Gasteiger partial charge in [-0.1, -0.05) is 29.8 Å². The normalized spacial score (nSPS) is 28.7. The van der Waals surface area contributed by atoms with Crippen molar-refractivity contribution >= 4 is 11.8 Å². The zero-order chi connectivity index (χ0) is 16.2. The number of aryl methyl sites for hydroxylation is 1. The summed E-state index contributed by atoms with van der Waals surface area (Å²) in [6, 6.07) is 8.23. The molecule has 1 aromatic carbocycles. The summed E-state index contributed by atoms with van der Waals surface area (Å²) >= 11 is 0. The molecule has 0 N–H and O–H groups in total. The lowest BCUT2D eigenvalue weighted by molar-refractivity contribution is -0.153. The van der Waals surface area contributed by atoms with Gasteiger partial charge in [-0.3, -0.25) is 9.59 Å². The van der Waals surface area contributed by atoms with E-state index in [-0.39, 0.29) is 29.3 Å². The van der Waals surface area contributed by atoms with Crippen LogP contribution >= 0.6 is 0 Å². The molecule has 4 heteroatoms. The van der Waals surface area contributed by atoms with E-state index in [1.807, 2.05) is 16.7 Å². The van der Waals surface area contributed by atoms with Crippen LogP contribution in [0.2, 0.25) is 0 Å². The van der Waals surface area contributed by atoms with Gasteiger partial charge in [0.1, 0.15) is 6.04 Å². The minimum atomic E-state index is -0.372. The predicted molar refractivity (Wildman–Crippen MR) is 88.0 cm³/mol. The van der Waals surface area contributed by atoms with Gasteiger partial charge in [0.2, 0.25) is 11.8 Å². The van der Waals surface area contributed by atoms with Crippen LogP contribution in [0.1, 0.15) is 43.7 Å². The van der Waals surface area contributed by atoms with Gasteiger partial charge in [-0.25, -0.2) is 0 Å². The molecule has 3 aliphatic rings. The van der Waals surface area contributed by atoms with Crippen LogP contribution in [-0.2, 0) is 15.0 Å². The summed E-state index contributed by atoms with van der Waals surface area (Å²) in [5.74, 6) is 0.292. The zero-order valence-electron chi connectivity index (χ0n) is 13.9. The number of hydrogen-bond acceptors (Lipinski definition) is 2. The van der Waals surface area contributed by atoms with Gasteiger partial charge in [0.25, 0.3) is 0 Å². The van der Waals surface area contributed by atoms with Gasteiger partial charge in [-0.2, -0.15) is 0 Å². The standard InChI is InChI=1S/C19H24N2O2/c1-13-5-7-15(8-6-13)19(9-10-19)18(23)21-12-16-4-3-11-20(16)17(22)14(21)2/h5-8,14,16H,3-4,9-12H2,1-2H3/t14-,16-/m0/s1. The van der Waals surface area contributed by atoms with Gasteiger partial charge in [0, 0.05) is 19.1 Å². The molecule has 0 aromatic heterocycles. The van der Waals surface area contributed by atoms with Crippen molar-refractivity contribution in [2.75, 3.05) is 13.1 Å². The molecule has 1 saturated carbocycles. The molecule has 4 rings (SSSR count). The molecule has 2 aliphatic heterocycles. The van der Waals surface area contributed by atoms with E-state index in [0.29, 0.717) is 6.54 Å². The maximum Gasteiger partial charge on any atom is 0.245 e. The number of benzene rings is 1. The Morgan fingerprint density at radius 1 is 1.22 bits per heavy atom. The Hall–Kier alpha value is -1.84. The fraction of sp³-hybridized carbons (Fsp3) is 0.579. The average molecular weight is 312 g/mol. The third-order valence-corrected chi connectivity index (χ3v) is 5.92. The van der Waals surface area contributed by atoms with E-state index < -0.39 is 0 Å². The molecule has 4 nitrogen and oxygen atoms in total. The lowest BCUT2D eigenvalue weighted by Gasteiger charge is -2.43. The number of fused-ring (bicyclic) bond motifs is 1. The first-order chi connectivity index (χ1) is 11.0. The second kappa shape index (κ2) is 5.08. The first kappa shape index (κ1) is 14.7. The highest BCUT2D eigenvalue weighted by molar-refractivity contribution is 5.96. The van der Waals surface area contributed by atoms with Crippen molar-refractivity contribution in [3.63, 3.8) is 0 Å². The Morgan fingerprint density at radius 3 is 2.57 bits per heavy atom. The van der Waals surface area contributed by atoms with Gasteiger partial charge in [-0.15, -0.1) is 0 Å². The monoisotopic (exact) mass is 312 g/mol. The maximum atomic E-state index is 13.3. The zero-order valence-corrected chi connectivity index (χ0v) is 13.9. The highest BCUT2D eigenvalue weighted by Gasteiger charge is 2.55. The van der Waals surface area contributed by atoms with Crippen molar-refractivity contribution in [3.05, 3.63) is 35.4 Å². The molecule has 23 heavy (non-hydrogen) atoms. The molecule has 122 valence electrons. The van der Waals surface area contributed by atoms with Crippen molar-refractivity contribution in [1.29, 1.82) is 0 Å². The molecule has 0 bridgehead atoms. The predicted octanol–water partition coefficient (Wildman–Crippen LogP) is 2.25. The highest BCUT2D eigenvalue weighted by atomic mass is 16.2. The van der Waals surface area contributed by atoms with Crippen molar-refractivity contribution in [3.8, 4) is 0 Å². The van der Waals surface area contributed by atoms with Crippen molar-refractivity contribution < 1.29 is 9.59 Å².